The summed E-state index contributed by atoms with van der Waals surface area (Å²) in [6, 6.07) is 13.9. The molecule has 2 aromatic carbocycles. The van der Waals surface area contributed by atoms with Crippen LogP contribution in [0.4, 0.5) is 4.39 Å². The molecule has 1 amide bonds. The SMILES string of the molecule is Cc1ccc(F)cc1C(=O)N(CCN)Cc1ccccc1. The lowest BCUT2D eigenvalue weighted by atomic mass is 10.1. The molecule has 0 radical (unpaired) electrons. The number of carbonyl (C=O) groups is 1. The van der Waals surface area contributed by atoms with E-state index in [0.29, 0.717) is 25.2 Å². The molecule has 0 spiro atoms. The lowest BCUT2D eigenvalue weighted by Crippen LogP contribution is -2.35. The second kappa shape index (κ2) is 6.99. The molecule has 0 aliphatic rings. The third kappa shape index (κ3) is 3.89. The van der Waals surface area contributed by atoms with Gasteiger partial charge in [0, 0.05) is 25.2 Å². The zero-order valence-corrected chi connectivity index (χ0v) is 12.1. The van der Waals surface area contributed by atoms with Gasteiger partial charge in [0.25, 0.3) is 5.91 Å². The standard InChI is InChI=1S/C17H19FN2O/c1-13-7-8-15(18)11-16(13)17(21)20(10-9-19)12-14-5-3-2-4-6-14/h2-8,11H,9-10,12,19H2,1H3. The lowest BCUT2D eigenvalue weighted by Gasteiger charge is -2.23. The third-order valence-electron chi connectivity index (χ3n) is 3.33. The van der Waals surface area contributed by atoms with Crippen molar-refractivity contribution in [2.45, 2.75) is 13.5 Å². The Balaban J connectivity index is 2.25. The molecule has 0 saturated carbocycles. The highest BCUT2D eigenvalue weighted by Gasteiger charge is 2.18. The molecule has 0 fully saturated rings. The number of benzene rings is 2. The first-order chi connectivity index (χ1) is 10.1. The van der Waals surface area contributed by atoms with Crippen LogP contribution in [-0.2, 0) is 6.54 Å². The molecule has 0 unspecified atom stereocenters. The molecule has 21 heavy (non-hydrogen) atoms. The molecule has 3 nitrogen and oxygen atoms in total. The summed E-state index contributed by atoms with van der Waals surface area (Å²) in [7, 11) is 0. The Labute approximate surface area is 124 Å². The number of nitrogens with two attached hydrogens (primary N) is 1. The average Bonchev–Trinajstić information content (AvgIpc) is 2.49. The van der Waals surface area contributed by atoms with Crippen LogP contribution in [0.2, 0.25) is 0 Å². The van der Waals surface area contributed by atoms with Gasteiger partial charge in [0.2, 0.25) is 0 Å². The van der Waals surface area contributed by atoms with E-state index in [0.717, 1.165) is 11.1 Å². The van der Waals surface area contributed by atoms with E-state index in [2.05, 4.69) is 0 Å². The Morgan fingerprint density at radius 3 is 2.57 bits per heavy atom. The average molecular weight is 286 g/mol. The van der Waals surface area contributed by atoms with Gasteiger partial charge in [-0.2, -0.15) is 0 Å². The second-order valence-corrected chi connectivity index (χ2v) is 4.96. The van der Waals surface area contributed by atoms with Crippen LogP contribution in [-0.4, -0.2) is 23.9 Å². The summed E-state index contributed by atoms with van der Waals surface area (Å²) in [5, 5.41) is 0. The van der Waals surface area contributed by atoms with Crippen molar-refractivity contribution in [3.63, 3.8) is 0 Å². The normalized spacial score (nSPS) is 10.4. The van der Waals surface area contributed by atoms with Gasteiger partial charge in [0.15, 0.2) is 0 Å². The summed E-state index contributed by atoms with van der Waals surface area (Å²) in [6.45, 7) is 3.07. The Morgan fingerprint density at radius 2 is 1.90 bits per heavy atom. The van der Waals surface area contributed by atoms with Crippen LogP contribution in [0, 0.1) is 12.7 Å². The van der Waals surface area contributed by atoms with Crippen molar-refractivity contribution in [2.75, 3.05) is 13.1 Å². The van der Waals surface area contributed by atoms with Gasteiger partial charge in [-0.3, -0.25) is 4.79 Å². The van der Waals surface area contributed by atoms with Crippen molar-refractivity contribution in [1.82, 2.24) is 4.90 Å². The van der Waals surface area contributed by atoms with Crippen LogP contribution in [0.15, 0.2) is 48.5 Å². The van der Waals surface area contributed by atoms with Gasteiger partial charge >= 0.3 is 0 Å². The maximum Gasteiger partial charge on any atom is 0.254 e. The number of nitrogens with zero attached hydrogens (tertiary/aromatic N) is 1. The van der Waals surface area contributed by atoms with Gasteiger partial charge in [-0.05, 0) is 30.2 Å². The number of aryl methyl sites for hydroxylation is 1. The molecule has 2 rings (SSSR count). The van der Waals surface area contributed by atoms with Gasteiger partial charge < -0.3 is 10.6 Å². The van der Waals surface area contributed by atoms with E-state index >= 15 is 0 Å². The van der Waals surface area contributed by atoms with Crippen molar-refractivity contribution in [3.05, 3.63) is 71.0 Å². The van der Waals surface area contributed by atoms with Crippen molar-refractivity contribution in [3.8, 4) is 0 Å². The smallest absolute Gasteiger partial charge is 0.254 e. The highest BCUT2D eigenvalue weighted by Crippen LogP contribution is 2.15. The summed E-state index contributed by atoms with van der Waals surface area (Å²) < 4.78 is 13.4. The second-order valence-electron chi connectivity index (χ2n) is 4.96. The Morgan fingerprint density at radius 1 is 1.19 bits per heavy atom. The first-order valence-electron chi connectivity index (χ1n) is 6.91. The fourth-order valence-corrected chi connectivity index (χ4v) is 2.21. The summed E-state index contributed by atoms with van der Waals surface area (Å²) in [4.78, 5) is 14.3. The minimum Gasteiger partial charge on any atom is -0.333 e. The Kier molecular flexibility index (Phi) is 5.06. The van der Waals surface area contributed by atoms with Crippen molar-refractivity contribution in [2.24, 2.45) is 5.73 Å². The van der Waals surface area contributed by atoms with E-state index in [-0.39, 0.29) is 5.91 Å². The van der Waals surface area contributed by atoms with Gasteiger partial charge in [-0.15, -0.1) is 0 Å². The summed E-state index contributed by atoms with van der Waals surface area (Å²) in [5.41, 5.74) is 7.77. The fraction of sp³-hybridized carbons (Fsp3) is 0.235. The van der Waals surface area contributed by atoms with E-state index in [4.69, 9.17) is 5.73 Å². The maximum absolute atomic E-state index is 13.4. The first kappa shape index (κ1) is 15.2. The van der Waals surface area contributed by atoms with Crippen LogP contribution in [0.25, 0.3) is 0 Å². The van der Waals surface area contributed by atoms with Crippen molar-refractivity contribution in [1.29, 1.82) is 0 Å². The van der Waals surface area contributed by atoms with Gasteiger partial charge in [0.1, 0.15) is 5.82 Å². The molecular formula is C17H19FN2O. The molecule has 0 saturated heterocycles. The molecule has 0 heterocycles. The third-order valence-corrected chi connectivity index (χ3v) is 3.33. The van der Waals surface area contributed by atoms with E-state index in [1.807, 2.05) is 30.3 Å². The van der Waals surface area contributed by atoms with E-state index in [9.17, 15) is 9.18 Å². The molecule has 2 aromatic rings. The fourth-order valence-electron chi connectivity index (χ4n) is 2.21. The van der Waals surface area contributed by atoms with Crippen LogP contribution in [0.5, 0.6) is 0 Å². The number of carbonyl (C=O) groups excluding carboxylic acids is 1. The van der Waals surface area contributed by atoms with Gasteiger partial charge in [0.05, 0.1) is 0 Å². The molecule has 0 aliphatic heterocycles. The topological polar surface area (TPSA) is 46.3 Å². The zero-order chi connectivity index (χ0) is 15.2. The molecular weight excluding hydrogens is 267 g/mol. The molecule has 2 N–H and O–H groups in total. The van der Waals surface area contributed by atoms with E-state index in [1.54, 1.807) is 17.9 Å². The predicted octanol–water partition coefficient (Wildman–Crippen LogP) is 2.74. The van der Waals surface area contributed by atoms with Crippen LogP contribution < -0.4 is 5.73 Å². The molecule has 4 heteroatoms. The van der Waals surface area contributed by atoms with Crippen LogP contribution >= 0.6 is 0 Å². The van der Waals surface area contributed by atoms with E-state index < -0.39 is 5.82 Å². The predicted molar refractivity (Wildman–Crippen MR) is 81.4 cm³/mol. The Hall–Kier alpha value is -2.20. The minimum atomic E-state index is -0.406. The highest BCUT2D eigenvalue weighted by molar-refractivity contribution is 5.95. The maximum atomic E-state index is 13.4. The largest absolute Gasteiger partial charge is 0.333 e. The minimum absolute atomic E-state index is 0.193. The first-order valence-corrected chi connectivity index (χ1v) is 6.91. The van der Waals surface area contributed by atoms with Crippen molar-refractivity contribution < 1.29 is 9.18 Å². The van der Waals surface area contributed by atoms with Crippen LogP contribution in [0.1, 0.15) is 21.5 Å². The summed E-state index contributed by atoms with van der Waals surface area (Å²) >= 11 is 0. The summed E-state index contributed by atoms with van der Waals surface area (Å²) in [6.07, 6.45) is 0. The molecule has 0 aromatic heterocycles. The number of rotatable bonds is 5. The molecule has 0 atom stereocenters. The van der Waals surface area contributed by atoms with Gasteiger partial charge in [-0.1, -0.05) is 36.4 Å². The van der Waals surface area contributed by atoms with E-state index in [1.165, 1.54) is 12.1 Å². The quantitative estimate of drug-likeness (QED) is 0.918. The molecule has 110 valence electrons. The molecule has 0 aliphatic carbocycles. The number of halogens is 1. The number of amides is 1. The zero-order valence-electron chi connectivity index (χ0n) is 12.1. The van der Waals surface area contributed by atoms with Gasteiger partial charge in [-0.25, -0.2) is 4.39 Å². The highest BCUT2D eigenvalue weighted by atomic mass is 19.1. The van der Waals surface area contributed by atoms with Crippen LogP contribution in [0.3, 0.4) is 0 Å². The molecule has 0 bridgehead atoms. The number of hydrogen-bond donors (Lipinski definition) is 1. The lowest BCUT2D eigenvalue weighted by molar-refractivity contribution is 0.0747. The summed E-state index contributed by atoms with van der Waals surface area (Å²) in [5.74, 6) is -0.599. The monoisotopic (exact) mass is 286 g/mol. The number of hydrogen-bond acceptors (Lipinski definition) is 2. The van der Waals surface area contributed by atoms with Crippen molar-refractivity contribution >= 4 is 5.91 Å². The Bertz CT molecular complexity index is 613.